The third kappa shape index (κ3) is 4.19. The van der Waals surface area contributed by atoms with Crippen molar-refractivity contribution in [3.63, 3.8) is 0 Å². The fraction of sp³-hybridized carbons (Fsp3) is 0.875. The van der Waals surface area contributed by atoms with Gasteiger partial charge in [-0.2, -0.15) is 0 Å². The van der Waals surface area contributed by atoms with Crippen LogP contribution in [-0.2, 0) is 14.3 Å². The van der Waals surface area contributed by atoms with E-state index in [0.717, 1.165) is 0 Å². The molecule has 6 nitrogen and oxygen atoms in total. The number of hydrogen-bond donors (Lipinski definition) is 2. The van der Waals surface area contributed by atoms with Gasteiger partial charge in [0, 0.05) is 11.5 Å². The van der Waals surface area contributed by atoms with Gasteiger partial charge in [0.15, 0.2) is 0 Å². The van der Waals surface area contributed by atoms with Crippen LogP contribution in [0.2, 0.25) is 0 Å². The summed E-state index contributed by atoms with van der Waals surface area (Å²) in [7, 11) is 0. The molecule has 0 heterocycles. The fourth-order valence-corrected chi connectivity index (χ4v) is 3.88. The summed E-state index contributed by atoms with van der Waals surface area (Å²) in [6.07, 6.45) is -2.83. The summed E-state index contributed by atoms with van der Waals surface area (Å²) in [5, 5.41) is 5.77. The van der Waals surface area contributed by atoms with E-state index in [1.807, 2.05) is 0 Å². The van der Waals surface area contributed by atoms with Gasteiger partial charge in [0.25, 0.3) is 0 Å². The summed E-state index contributed by atoms with van der Waals surface area (Å²) in [6, 6.07) is 0. The number of carbonyl (C=O) groups excluding carboxylic acids is 2. The lowest BCUT2D eigenvalue weighted by Crippen LogP contribution is -2.84. The van der Waals surface area contributed by atoms with Crippen LogP contribution >= 0.6 is 0 Å². The maximum atomic E-state index is 12.1. The van der Waals surface area contributed by atoms with Crippen LogP contribution in [0, 0.1) is 11.8 Å². The normalized spacial score (nSPS) is 35.9. The van der Waals surface area contributed by atoms with E-state index < -0.39 is 30.6 Å². The molecule has 2 atom stereocenters. The highest BCUT2D eigenvalue weighted by Crippen LogP contribution is 2.60. The SMILES string of the molecule is CC(C)(C)OC(=O)NC12CC(NC(=O)C3CC3COC(F)(F)F)(C1)C2. The van der Waals surface area contributed by atoms with Gasteiger partial charge in [-0.05, 0) is 52.4 Å². The summed E-state index contributed by atoms with van der Waals surface area (Å²) >= 11 is 0. The second kappa shape index (κ2) is 5.49. The number of hydrogen-bond acceptors (Lipinski definition) is 4. The average Bonchev–Trinajstić information content (AvgIpc) is 3.08. The molecule has 2 bridgehead atoms. The molecule has 2 N–H and O–H groups in total. The van der Waals surface area contributed by atoms with Crippen LogP contribution in [0.3, 0.4) is 0 Å². The topological polar surface area (TPSA) is 76.7 Å². The predicted octanol–water partition coefficient (Wildman–Crippen LogP) is 2.47. The van der Waals surface area contributed by atoms with Crippen molar-refractivity contribution < 1.29 is 32.2 Å². The molecule has 0 spiro atoms. The van der Waals surface area contributed by atoms with Crippen molar-refractivity contribution in [1.82, 2.24) is 10.6 Å². The van der Waals surface area contributed by atoms with Crippen LogP contribution < -0.4 is 10.6 Å². The summed E-state index contributed by atoms with van der Waals surface area (Å²) in [4.78, 5) is 23.9. The molecule has 2 amide bonds. The Bertz CT molecular complexity index is 565. The Hall–Kier alpha value is -1.51. The zero-order valence-corrected chi connectivity index (χ0v) is 14.5. The molecule has 0 aromatic carbocycles. The molecule has 0 aliphatic heterocycles. The van der Waals surface area contributed by atoms with Gasteiger partial charge in [0.05, 0.1) is 12.1 Å². The monoisotopic (exact) mass is 364 g/mol. The smallest absolute Gasteiger partial charge is 0.444 e. The van der Waals surface area contributed by atoms with Crippen LogP contribution in [0.15, 0.2) is 0 Å². The van der Waals surface area contributed by atoms with Crippen molar-refractivity contribution in [2.24, 2.45) is 11.8 Å². The van der Waals surface area contributed by atoms with Crippen molar-refractivity contribution in [3.05, 3.63) is 0 Å². The highest BCUT2D eigenvalue weighted by Gasteiger charge is 2.70. The molecule has 0 aromatic rings. The molecule has 142 valence electrons. The van der Waals surface area contributed by atoms with Crippen LogP contribution in [0.1, 0.15) is 46.5 Å². The third-order valence-corrected chi connectivity index (χ3v) is 4.91. The Morgan fingerprint density at radius 3 is 2.16 bits per heavy atom. The van der Waals surface area contributed by atoms with Gasteiger partial charge in [-0.1, -0.05) is 0 Å². The third-order valence-electron chi connectivity index (χ3n) is 4.91. The second-order valence-electron chi connectivity index (χ2n) is 8.57. The van der Waals surface area contributed by atoms with Crippen LogP contribution in [-0.4, -0.2) is 41.6 Å². The van der Waals surface area contributed by atoms with Gasteiger partial charge in [-0.15, -0.1) is 13.2 Å². The predicted molar refractivity (Wildman–Crippen MR) is 80.4 cm³/mol. The molecule has 4 saturated carbocycles. The van der Waals surface area contributed by atoms with Crippen molar-refractivity contribution >= 4 is 12.0 Å². The standard InChI is InChI=1S/C16H23F3N2O4/c1-13(2,3)25-12(23)21-15-6-14(7-15,8-15)20-11(22)10-4-9(10)5-24-16(17,18)19/h9-10H,4-8H2,1-3H3,(H,20,22)(H,21,23). The minimum Gasteiger partial charge on any atom is -0.444 e. The number of amides is 2. The van der Waals surface area contributed by atoms with Crippen molar-refractivity contribution in [1.29, 1.82) is 0 Å². The first kappa shape index (κ1) is 18.3. The highest BCUT2D eigenvalue weighted by atomic mass is 19.4. The van der Waals surface area contributed by atoms with Crippen molar-refractivity contribution in [3.8, 4) is 0 Å². The molecule has 9 heteroatoms. The molecule has 4 aliphatic carbocycles. The molecule has 4 rings (SSSR count). The van der Waals surface area contributed by atoms with Gasteiger partial charge in [-0.25, -0.2) is 4.79 Å². The first-order valence-electron chi connectivity index (χ1n) is 8.34. The van der Waals surface area contributed by atoms with Gasteiger partial charge in [0.1, 0.15) is 5.60 Å². The Morgan fingerprint density at radius 2 is 1.64 bits per heavy atom. The number of alkyl carbamates (subject to hydrolysis) is 1. The molecule has 4 fully saturated rings. The first-order chi connectivity index (χ1) is 11.3. The molecule has 0 radical (unpaired) electrons. The van der Waals surface area contributed by atoms with Crippen LogP contribution in [0.5, 0.6) is 0 Å². The van der Waals surface area contributed by atoms with Gasteiger partial charge in [-0.3, -0.25) is 9.53 Å². The summed E-state index contributed by atoms with van der Waals surface area (Å²) in [6.45, 7) is 4.87. The summed E-state index contributed by atoms with van der Waals surface area (Å²) in [5.74, 6) is -1.00. The minimum atomic E-state index is -4.66. The first-order valence-corrected chi connectivity index (χ1v) is 8.34. The van der Waals surface area contributed by atoms with Gasteiger partial charge in [0.2, 0.25) is 5.91 Å². The fourth-order valence-electron chi connectivity index (χ4n) is 3.88. The minimum absolute atomic E-state index is 0.221. The van der Waals surface area contributed by atoms with E-state index in [2.05, 4.69) is 15.4 Å². The summed E-state index contributed by atoms with van der Waals surface area (Å²) in [5.41, 5.74) is -1.22. The van der Waals surface area contributed by atoms with E-state index in [1.165, 1.54) is 0 Å². The number of nitrogens with one attached hydrogen (secondary N) is 2. The lowest BCUT2D eigenvalue weighted by atomic mass is 9.44. The maximum absolute atomic E-state index is 12.1. The lowest BCUT2D eigenvalue weighted by molar-refractivity contribution is -0.326. The Labute approximate surface area is 143 Å². The number of ether oxygens (including phenoxy) is 2. The maximum Gasteiger partial charge on any atom is 0.522 e. The largest absolute Gasteiger partial charge is 0.522 e. The van der Waals surface area contributed by atoms with Crippen LogP contribution in [0.25, 0.3) is 0 Å². The van der Waals surface area contributed by atoms with E-state index in [1.54, 1.807) is 20.8 Å². The zero-order chi connectivity index (χ0) is 18.7. The lowest BCUT2D eigenvalue weighted by Gasteiger charge is -2.70. The summed E-state index contributed by atoms with van der Waals surface area (Å²) < 4.78 is 45.0. The molecule has 25 heavy (non-hydrogen) atoms. The highest BCUT2D eigenvalue weighted by molar-refractivity contribution is 5.83. The molecular weight excluding hydrogens is 341 g/mol. The van der Waals surface area contributed by atoms with Gasteiger partial charge < -0.3 is 15.4 Å². The quantitative estimate of drug-likeness (QED) is 0.786. The van der Waals surface area contributed by atoms with Crippen LogP contribution in [0.4, 0.5) is 18.0 Å². The van der Waals surface area contributed by atoms with E-state index in [9.17, 15) is 22.8 Å². The van der Waals surface area contributed by atoms with E-state index in [0.29, 0.717) is 25.7 Å². The number of halogens is 3. The Balaban J connectivity index is 1.37. The Kier molecular flexibility index (Phi) is 4.02. The van der Waals surface area contributed by atoms with Crippen molar-refractivity contribution in [2.75, 3.05) is 6.61 Å². The Morgan fingerprint density at radius 1 is 1.08 bits per heavy atom. The molecule has 4 aliphatic rings. The van der Waals surface area contributed by atoms with E-state index >= 15 is 0 Å². The second-order valence-corrected chi connectivity index (χ2v) is 8.57. The molecule has 2 unspecified atom stereocenters. The molecule has 0 aromatic heterocycles. The molecular formula is C16H23F3N2O4. The van der Waals surface area contributed by atoms with Crippen molar-refractivity contribution in [2.45, 2.75) is 69.5 Å². The zero-order valence-electron chi connectivity index (χ0n) is 14.5. The number of rotatable bonds is 5. The number of carbonyl (C=O) groups is 2. The van der Waals surface area contributed by atoms with E-state index in [4.69, 9.17) is 4.74 Å². The van der Waals surface area contributed by atoms with Gasteiger partial charge >= 0.3 is 12.5 Å². The van der Waals surface area contributed by atoms with E-state index in [-0.39, 0.29) is 22.9 Å². The average molecular weight is 364 g/mol. The molecule has 0 saturated heterocycles. The number of alkyl halides is 3.